The molecule has 0 spiro atoms. The van der Waals surface area contributed by atoms with E-state index in [9.17, 15) is 49.3 Å². The maximum absolute atomic E-state index is 14.7. The molecule has 2 saturated heterocycles. The number of carbonyl (C=O) groups excluding carboxylic acids is 2. The summed E-state index contributed by atoms with van der Waals surface area (Å²) in [6, 6.07) is 19.0. The minimum absolute atomic E-state index is 0.0665. The molecule has 6 N–H and O–H groups in total. The van der Waals surface area contributed by atoms with Crippen LogP contribution in [0.15, 0.2) is 73.1 Å². The molecule has 6 aromatic rings. The highest BCUT2D eigenvalue weighted by molar-refractivity contribution is 6.02. The van der Waals surface area contributed by atoms with Gasteiger partial charge in [0, 0.05) is 37.6 Å². The Morgan fingerprint density at radius 1 is 0.667 bits per heavy atom. The highest BCUT2D eigenvalue weighted by atomic mass is 19.1. The highest BCUT2D eigenvalue weighted by Gasteiger charge is 2.39. The first-order valence-electron chi connectivity index (χ1n) is 21.0. The smallest absolute Gasteiger partial charge is 0.255 e. The van der Waals surface area contributed by atoms with Crippen LogP contribution in [-0.4, -0.2) is 111 Å². The number of amides is 2. The van der Waals surface area contributed by atoms with Crippen molar-refractivity contribution in [3.8, 4) is 46.0 Å². The lowest BCUT2D eigenvalue weighted by Gasteiger charge is -2.40. The molecule has 66 heavy (non-hydrogen) atoms. The Bertz CT molecular complexity index is 2830. The molecule has 0 aliphatic carbocycles. The molecule has 0 radical (unpaired) electrons. The average Bonchev–Trinajstić information content (AvgIpc) is 4.13. The van der Waals surface area contributed by atoms with Gasteiger partial charge in [-0.15, -0.1) is 0 Å². The van der Waals surface area contributed by atoms with Crippen LogP contribution in [0.25, 0.3) is 33.9 Å². The minimum atomic E-state index is -1.27. The van der Waals surface area contributed by atoms with E-state index in [4.69, 9.17) is 0 Å². The second-order valence-electron chi connectivity index (χ2n) is 17.0. The third-order valence-corrected chi connectivity index (χ3v) is 12.3. The van der Waals surface area contributed by atoms with Gasteiger partial charge < -0.3 is 40.9 Å². The normalized spacial score (nSPS) is 22.1. The molecule has 0 bridgehead atoms. The number of fused-ring (bicyclic) bond motifs is 2. The van der Waals surface area contributed by atoms with Crippen molar-refractivity contribution < 1.29 is 38.8 Å². The third-order valence-electron chi connectivity index (χ3n) is 12.3. The molecule has 4 aromatic heterocycles. The zero-order valence-corrected chi connectivity index (χ0v) is 35.6. The molecule has 2 aromatic carbocycles. The fraction of sp³-hybridized carbons (Fsp3) is 0.304. The van der Waals surface area contributed by atoms with Crippen molar-refractivity contribution in [3.63, 3.8) is 0 Å². The molecule has 4 aliphatic heterocycles. The van der Waals surface area contributed by atoms with Gasteiger partial charge in [-0.05, 0) is 63.1 Å². The summed E-state index contributed by atoms with van der Waals surface area (Å²) >= 11 is 0. The van der Waals surface area contributed by atoms with Gasteiger partial charge in [-0.1, -0.05) is 12.1 Å². The van der Waals surface area contributed by atoms with Crippen molar-refractivity contribution in [2.24, 2.45) is 0 Å². The van der Waals surface area contributed by atoms with Crippen LogP contribution in [0.2, 0.25) is 0 Å². The number of halogens is 2. The molecule has 20 heteroatoms. The van der Waals surface area contributed by atoms with Crippen LogP contribution in [0.1, 0.15) is 69.9 Å². The SMILES string of the molecule is CC1(O)CN(c2ccn(-c3cc(-c4c(F)cccc4C#N)nc4c3C(=O)NC4)n2)CC[C@H]1O.C[C@@]1(O)CN(c2ccn(-c3cc(-c4c(F)cccc4C#N)nc4c3C(=O)NC4)n2)CC[C@H]1O. The number of β-amino-alcohol motifs (C(OH)–C–C–N with tert-alkyl or cyclic N) is 2. The van der Waals surface area contributed by atoms with E-state index in [1.165, 1.54) is 45.8 Å². The summed E-state index contributed by atoms with van der Waals surface area (Å²) in [5.74, 6) is -0.657. The Balaban J connectivity index is 0.000000166. The van der Waals surface area contributed by atoms with Gasteiger partial charge in [0.1, 0.15) is 22.8 Å². The molecule has 10 rings (SSSR count). The monoisotopic (exact) mass is 896 g/mol. The van der Waals surface area contributed by atoms with Crippen molar-refractivity contribution in [1.82, 2.24) is 40.2 Å². The third kappa shape index (κ3) is 7.85. The molecule has 1 unspecified atom stereocenters. The van der Waals surface area contributed by atoms with Crippen LogP contribution in [0.5, 0.6) is 0 Å². The molecule has 4 aliphatic rings. The first-order valence-corrected chi connectivity index (χ1v) is 21.0. The Hall–Kier alpha value is -7.62. The van der Waals surface area contributed by atoms with Gasteiger partial charge in [0.05, 0.1) is 118 Å². The van der Waals surface area contributed by atoms with E-state index >= 15 is 0 Å². The second-order valence-corrected chi connectivity index (χ2v) is 17.0. The van der Waals surface area contributed by atoms with Gasteiger partial charge in [-0.25, -0.2) is 28.1 Å². The lowest BCUT2D eigenvalue weighted by molar-refractivity contribution is -0.0693. The predicted molar refractivity (Wildman–Crippen MR) is 232 cm³/mol. The van der Waals surface area contributed by atoms with E-state index in [0.29, 0.717) is 71.5 Å². The van der Waals surface area contributed by atoms with Crippen LogP contribution in [0, 0.1) is 34.3 Å². The van der Waals surface area contributed by atoms with Crippen LogP contribution in [0.4, 0.5) is 20.4 Å². The van der Waals surface area contributed by atoms with Crippen molar-refractivity contribution in [3.05, 3.63) is 118 Å². The summed E-state index contributed by atoms with van der Waals surface area (Å²) in [5, 5.41) is 74.5. The van der Waals surface area contributed by atoms with Gasteiger partial charge in [0.2, 0.25) is 0 Å². The van der Waals surface area contributed by atoms with E-state index in [1.807, 2.05) is 21.9 Å². The second kappa shape index (κ2) is 16.7. The number of hydrogen-bond acceptors (Lipinski definition) is 14. The summed E-state index contributed by atoms with van der Waals surface area (Å²) in [4.78, 5) is 37.7. The first kappa shape index (κ1) is 43.6. The van der Waals surface area contributed by atoms with Crippen LogP contribution < -0.4 is 20.4 Å². The molecular formula is C46H42F2N12O6. The van der Waals surface area contributed by atoms with Crippen molar-refractivity contribution in [1.29, 1.82) is 10.5 Å². The van der Waals surface area contributed by atoms with Crippen LogP contribution >= 0.6 is 0 Å². The number of aliphatic hydroxyl groups is 4. The van der Waals surface area contributed by atoms with Gasteiger partial charge in [0.15, 0.2) is 11.6 Å². The van der Waals surface area contributed by atoms with Gasteiger partial charge in [-0.3, -0.25) is 9.59 Å². The summed E-state index contributed by atoms with van der Waals surface area (Å²) in [6.07, 6.45) is 2.49. The van der Waals surface area contributed by atoms with E-state index < -0.39 is 35.0 Å². The quantitative estimate of drug-likeness (QED) is 0.141. The largest absolute Gasteiger partial charge is 0.390 e. The highest BCUT2D eigenvalue weighted by Crippen LogP contribution is 2.35. The average molecular weight is 897 g/mol. The van der Waals surface area contributed by atoms with Crippen molar-refractivity contribution in [2.75, 3.05) is 36.0 Å². The summed E-state index contributed by atoms with van der Waals surface area (Å²) < 4.78 is 32.4. The number of anilines is 2. The number of nitrogens with zero attached hydrogens (tertiary/aromatic N) is 10. The maximum atomic E-state index is 14.7. The van der Waals surface area contributed by atoms with Crippen molar-refractivity contribution in [2.45, 2.75) is 63.2 Å². The number of benzene rings is 2. The first-order chi connectivity index (χ1) is 31.6. The van der Waals surface area contributed by atoms with Gasteiger partial charge >= 0.3 is 0 Å². The Labute approximate surface area is 375 Å². The topological polar surface area (TPSA) is 255 Å². The van der Waals surface area contributed by atoms with Crippen molar-refractivity contribution >= 4 is 23.5 Å². The number of carbonyl (C=O) groups is 2. The van der Waals surface area contributed by atoms with E-state index in [0.717, 1.165) is 0 Å². The van der Waals surface area contributed by atoms with Gasteiger partial charge in [0.25, 0.3) is 11.8 Å². The molecule has 18 nitrogen and oxygen atoms in total. The van der Waals surface area contributed by atoms with Crippen LogP contribution in [-0.2, 0) is 13.1 Å². The van der Waals surface area contributed by atoms with E-state index in [1.54, 1.807) is 50.5 Å². The van der Waals surface area contributed by atoms with E-state index in [2.05, 4.69) is 30.8 Å². The molecule has 336 valence electrons. The maximum Gasteiger partial charge on any atom is 0.255 e. The molecular weight excluding hydrogens is 855 g/mol. The number of piperidine rings is 2. The molecule has 2 amide bonds. The number of aromatic nitrogens is 6. The summed E-state index contributed by atoms with van der Waals surface area (Å²) in [5.41, 5.74) is 0.717. The molecule has 4 atom stereocenters. The zero-order chi connectivity index (χ0) is 46.7. The van der Waals surface area contributed by atoms with Gasteiger partial charge in [-0.2, -0.15) is 20.7 Å². The minimum Gasteiger partial charge on any atom is -0.390 e. The molecule has 2 fully saturated rings. The summed E-state index contributed by atoms with van der Waals surface area (Å²) in [6.45, 7) is 4.95. The van der Waals surface area contributed by atoms with E-state index in [-0.39, 0.29) is 71.6 Å². The number of rotatable bonds is 6. The fourth-order valence-corrected chi connectivity index (χ4v) is 8.74. The number of aliphatic hydroxyl groups excluding tert-OH is 2. The number of nitriles is 2. The lowest BCUT2D eigenvalue weighted by Crippen LogP contribution is -2.55. The lowest BCUT2D eigenvalue weighted by atomic mass is 9.92. The molecule has 0 saturated carbocycles. The number of pyridine rings is 2. The van der Waals surface area contributed by atoms with Crippen LogP contribution in [0.3, 0.4) is 0 Å². The Morgan fingerprint density at radius 2 is 1.08 bits per heavy atom. The number of hydrogen-bond donors (Lipinski definition) is 6. The Kier molecular flexibility index (Phi) is 11.1. The summed E-state index contributed by atoms with van der Waals surface area (Å²) in [7, 11) is 0. The predicted octanol–water partition coefficient (Wildman–Crippen LogP) is 3.02. The fourth-order valence-electron chi connectivity index (χ4n) is 8.74. The zero-order valence-electron chi connectivity index (χ0n) is 35.6. The molecule has 8 heterocycles. The Morgan fingerprint density at radius 3 is 1.45 bits per heavy atom. The standard InChI is InChI=1S/2C23H21FN6O3/c2*1-23(33)12-29(7-5-18(23)31)19-6-8-30(28-19)17-9-15(27-16-11-26-22(32)21(16)17)20-13(10-25)3-2-4-14(20)24/h2*2-4,6,8-9,18,31,33H,5,7,11-12H2,1H3,(H,26,32)/t18-,23?;18-,23-/m11/s1. The number of nitrogens with one attached hydrogen (secondary N) is 2.